The average Bonchev–Trinajstić information content (AvgIpc) is 3.25. The molecular formula is C28H30F3NO5. The summed E-state index contributed by atoms with van der Waals surface area (Å²) >= 11 is 0. The van der Waals surface area contributed by atoms with E-state index in [4.69, 9.17) is 13.7 Å². The van der Waals surface area contributed by atoms with E-state index in [2.05, 4.69) is 9.47 Å². The molecule has 0 unspecified atom stereocenters. The maximum atomic E-state index is 15.8. The molecule has 0 spiro atoms. The molecule has 9 heteroatoms. The van der Waals surface area contributed by atoms with Gasteiger partial charge >= 0.3 is 6.29 Å². The smallest absolute Gasteiger partial charge is 0.395 e. The van der Waals surface area contributed by atoms with E-state index >= 15 is 4.39 Å². The van der Waals surface area contributed by atoms with Crippen molar-refractivity contribution < 1.29 is 51.4 Å². The maximum Gasteiger partial charge on any atom is 0.586 e. The lowest BCUT2D eigenvalue weighted by Crippen LogP contribution is -2.26. The molecule has 2 N–H and O–H groups in total. The van der Waals surface area contributed by atoms with E-state index < -0.39 is 114 Å². The first-order valence-electron chi connectivity index (χ1n) is 16.3. The lowest BCUT2D eigenvalue weighted by atomic mass is 9.86. The van der Waals surface area contributed by atoms with Gasteiger partial charge in [-0.05, 0) is 60.5 Å². The summed E-state index contributed by atoms with van der Waals surface area (Å²) in [6.07, 6.45) is -16.0. The molecule has 1 atom stereocenters. The zero-order chi connectivity index (χ0) is 35.7. The van der Waals surface area contributed by atoms with Crippen LogP contribution in [0.1, 0.15) is 70.4 Å². The van der Waals surface area contributed by atoms with E-state index in [0.717, 1.165) is 12.1 Å². The largest absolute Gasteiger partial charge is 0.586 e. The molecule has 0 saturated heterocycles. The van der Waals surface area contributed by atoms with Crippen LogP contribution in [0.2, 0.25) is 0 Å². The van der Waals surface area contributed by atoms with Crippen LogP contribution in [0.5, 0.6) is 11.5 Å². The number of ether oxygens (including phenoxy) is 2. The summed E-state index contributed by atoms with van der Waals surface area (Å²) in [5.74, 6) is -4.57. The van der Waals surface area contributed by atoms with Gasteiger partial charge in [0, 0.05) is 31.1 Å². The van der Waals surface area contributed by atoms with Crippen LogP contribution in [0.25, 0.3) is 10.9 Å². The van der Waals surface area contributed by atoms with Crippen LogP contribution in [0.4, 0.5) is 13.2 Å². The van der Waals surface area contributed by atoms with Crippen LogP contribution in [-0.2, 0) is 28.6 Å². The Hall–Kier alpha value is -3.04. The fourth-order valence-electron chi connectivity index (χ4n) is 4.25. The summed E-state index contributed by atoms with van der Waals surface area (Å²) in [6.45, 7) is 2.72. The summed E-state index contributed by atoms with van der Waals surface area (Å²) < 4.78 is 137. The topological polar surface area (TPSA) is 80.9 Å². The quantitative estimate of drug-likeness (QED) is 0.410. The number of carbonyl (C=O) groups is 1. The Bertz CT molecular complexity index is 1820. The number of aromatic nitrogens is 1. The first kappa shape index (κ1) is 16.0. The van der Waals surface area contributed by atoms with Gasteiger partial charge in [0.25, 0.3) is 0 Å². The number of carbonyl (C=O) groups excluding carboxylic acids is 1. The summed E-state index contributed by atoms with van der Waals surface area (Å²) in [4.78, 5) is 14.0. The Morgan fingerprint density at radius 3 is 2.65 bits per heavy atom. The third kappa shape index (κ3) is 4.48. The molecule has 0 radical (unpaired) electrons. The predicted molar refractivity (Wildman–Crippen MR) is 131 cm³/mol. The van der Waals surface area contributed by atoms with Gasteiger partial charge in [0.2, 0.25) is 0 Å². The highest BCUT2D eigenvalue weighted by atomic mass is 19.3. The van der Waals surface area contributed by atoms with Gasteiger partial charge in [-0.2, -0.15) is 0 Å². The van der Waals surface area contributed by atoms with Crippen LogP contribution < -0.4 is 9.47 Å². The number of alkyl halides is 2. The van der Waals surface area contributed by atoms with Crippen molar-refractivity contribution in [1.29, 1.82) is 0 Å². The summed E-state index contributed by atoms with van der Waals surface area (Å²) in [7, 11) is 0. The van der Waals surface area contributed by atoms with Crippen molar-refractivity contribution in [2.45, 2.75) is 76.1 Å². The van der Waals surface area contributed by atoms with Gasteiger partial charge in [0.15, 0.2) is 11.5 Å². The Labute approximate surface area is 226 Å². The highest BCUT2D eigenvalue weighted by Gasteiger charge is 2.52. The molecule has 6 nitrogen and oxygen atoms in total. The molecule has 198 valence electrons. The van der Waals surface area contributed by atoms with Gasteiger partial charge in [-0.1, -0.05) is 26.8 Å². The standard InChI is InChI=1S/C28H30F3NO5/c1-4-26(2,3)24-10-17-9-16(20(29)13-21(17)32(24)14-19(34)15-33)11-25(35)27(7-8-27)18-5-6-22-23(12-18)37-28(30,31)36-22/h5-6,9-10,12-13,19,33-34H,4,7-8,11,14-15H2,1-3H3/t19-/m1/s1/i4D2,5D,6D,7D2,8D2,12D,19D. The molecule has 5 rings (SSSR count). The van der Waals surface area contributed by atoms with Crippen LogP contribution >= 0.6 is 0 Å². The number of rotatable bonds is 9. The molecule has 2 aliphatic rings. The molecule has 1 fully saturated rings. The van der Waals surface area contributed by atoms with Crippen molar-refractivity contribution in [2.75, 3.05) is 6.61 Å². The van der Waals surface area contributed by atoms with Gasteiger partial charge in [0.05, 0.1) is 35.6 Å². The van der Waals surface area contributed by atoms with E-state index in [9.17, 15) is 23.8 Å². The third-order valence-electron chi connectivity index (χ3n) is 6.56. The SMILES string of the molecule is [2H]c1c([2H])c(C2(C(=O)Cc3cc4cc(C(C)(C)C([2H])([2H])C)n(C[C@@]([2H])(O)CO)c4cc3F)C([2H])([2H])C2([2H])[2H])c([2H])c2c1OC(F)(F)O2. The van der Waals surface area contributed by atoms with Crippen LogP contribution in [0.15, 0.2) is 36.3 Å². The van der Waals surface area contributed by atoms with Crippen molar-refractivity contribution in [2.24, 2.45) is 0 Å². The first-order valence-corrected chi connectivity index (χ1v) is 11.3. The number of Topliss-reactive ketones (excluding diaryl/α,β-unsaturated/α-hetero) is 1. The molecule has 0 bridgehead atoms. The second kappa shape index (κ2) is 8.77. The number of halogens is 3. The van der Waals surface area contributed by atoms with Crippen molar-refractivity contribution in [3.05, 3.63) is 59.0 Å². The molecule has 1 saturated carbocycles. The van der Waals surface area contributed by atoms with Gasteiger partial charge < -0.3 is 24.3 Å². The van der Waals surface area contributed by atoms with Gasteiger partial charge in [-0.3, -0.25) is 4.79 Å². The molecule has 3 aromatic rings. The minimum Gasteiger partial charge on any atom is -0.395 e. The number of hydrogen-bond donors (Lipinski definition) is 2. The Kier molecular flexibility index (Phi) is 3.80. The predicted octanol–water partition coefficient (Wildman–Crippen LogP) is 4.99. The van der Waals surface area contributed by atoms with E-state index in [1.54, 1.807) is 0 Å². The molecule has 1 aliphatic heterocycles. The van der Waals surface area contributed by atoms with Crippen LogP contribution in [0.3, 0.4) is 0 Å². The second-order valence-electron chi connectivity index (χ2n) is 9.39. The number of benzene rings is 2. The number of fused-ring (bicyclic) bond motifs is 2. The summed E-state index contributed by atoms with van der Waals surface area (Å²) in [6, 6.07) is 0.0799. The molecule has 1 aliphatic carbocycles. The Balaban J connectivity index is 1.67. The minimum absolute atomic E-state index is 0.0365. The first-order chi connectivity index (χ1) is 21.2. The molecule has 1 aromatic heterocycles. The monoisotopic (exact) mass is 527 g/mol. The number of aliphatic hydroxyl groups excluding tert-OH is 1. The van der Waals surface area contributed by atoms with Crippen molar-refractivity contribution in [1.82, 2.24) is 4.57 Å². The van der Waals surface area contributed by atoms with Crippen molar-refractivity contribution in [3.8, 4) is 11.5 Å². The van der Waals surface area contributed by atoms with Gasteiger partial charge in [0.1, 0.15) is 11.6 Å². The van der Waals surface area contributed by atoms with E-state index in [0.29, 0.717) is 0 Å². The maximum absolute atomic E-state index is 15.8. The number of nitrogens with zero attached hydrogens (tertiary/aromatic N) is 1. The Morgan fingerprint density at radius 2 is 2.00 bits per heavy atom. The minimum atomic E-state index is -4.36. The van der Waals surface area contributed by atoms with E-state index in [-0.39, 0.29) is 16.6 Å². The fourth-order valence-corrected chi connectivity index (χ4v) is 4.25. The second-order valence-corrected chi connectivity index (χ2v) is 9.39. The van der Waals surface area contributed by atoms with Crippen LogP contribution in [-0.4, -0.2) is 39.5 Å². The summed E-state index contributed by atoms with van der Waals surface area (Å²) in [5, 5.41) is 20.0. The fraction of sp³-hybridized carbons (Fsp3) is 0.464. The molecule has 2 heterocycles. The average molecular weight is 528 g/mol. The molecular weight excluding hydrogens is 487 g/mol. The third-order valence-corrected chi connectivity index (χ3v) is 6.56. The lowest BCUT2D eigenvalue weighted by molar-refractivity contribution is -0.286. The highest BCUT2D eigenvalue weighted by Crippen LogP contribution is 2.52. The zero-order valence-corrected chi connectivity index (χ0v) is 20.1. The van der Waals surface area contributed by atoms with Crippen molar-refractivity contribution >= 4 is 16.7 Å². The Morgan fingerprint density at radius 1 is 1.30 bits per heavy atom. The highest BCUT2D eigenvalue weighted by molar-refractivity contribution is 5.95. The van der Waals surface area contributed by atoms with Gasteiger partial charge in [-0.15, -0.1) is 8.78 Å². The molecule has 0 amide bonds. The zero-order valence-electron chi connectivity index (χ0n) is 30.1. The van der Waals surface area contributed by atoms with Crippen molar-refractivity contribution in [3.63, 3.8) is 0 Å². The summed E-state index contributed by atoms with van der Waals surface area (Å²) in [5.41, 5.74) is -5.58. The van der Waals surface area contributed by atoms with Gasteiger partial charge in [-0.25, -0.2) is 4.39 Å². The number of ketones is 1. The molecule has 37 heavy (non-hydrogen) atoms. The number of hydrogen-bond acceptors (Lipinski definition) is 5. The number of aliphatic hydroxyl groups is 2. The normalized spacial score (nSPS) is 26.2. The lowest BCUT2D eigenvalue weighted by Gasteiger charge is -2.26. The van der Waals surface area contributed by atoms with Crippen LogP contribution in [0, 0.1) is 5.82 Å². The molecule has 2 aromatic carbocycles. The van der Waals surface area contributed by atoms with E-state index in [1.165, 1.54) is 31.4 Å². The van der Waals surface area contributed by atoms with E-state index in [1.807, 2.05) is 0 Å².